The van der Waals surface area contributed by atoms with Gasteiger partial charge in [0.15, 0.2) is 0 Å². The maximum Gasteiger partial charge on any atom is 0.234 e. The largest absolute Gasteiger partial charge is 0.351 e. The van der Waals surface area contributed by atoms with E-state index in [1.165, 1.54) is 0 Å². The Morgan fingerprint density at radius 2 is 1.95 bits per heavy atom. The molecule has 1 fully saturated rings. The Hall–Kier alpha value is -1.59. The summed E-state index contributed by atoms with van der Waals surface area (Å²) in [5.74, 6) is 0.0617. The number of carbonyl (C=O) groups is 2. The molecule has 0 bridgehead atoms. The standard InChI is InChI=1S/C15H21N3O2.ClH/c16-9-14(19)17-10-11-4-3-7-13(8-11)18-15(20)12-5-1-2-6-12;/h3-4,7-8,12H,1-2,5-6,9-10,16H2,(H,17,19)(H,18,20);1H. The minimum absolute atomic E-state index is 0. The molecule has 1 aliphatic rings. The van der Waals surface area contributed by atoms with E-state index in [0.29, 0.717) is 6.54 Å². The molecule has 0 atom stereocenters. The number of amides is 2. The minimum atomic E-state index is -0.189. The first-order valence-corrected chi connectivity index (χ1v) is 7.05. The first-order chi connectivity index (χ1) is 9.69. The molecule has 5 nitrogen and oxygen atoms in total. The molecule has 0 unspecified atom stereocenters. The van der Waals surface area contributed by atoms with Gasteiger partial charge in [-0.15, -0.1) is 12.4 Å². The van der Waals surface area contributed by atoms with E-state index in [9.17, 15) is 9.59 Å². The second-order valence-corrected chi connectivity index (χ2v) is 5.15. The number of hydrogen-bond donors (Lipinski definition) is 3. The monoisotopic (exact) mass is 311 g/mol. The van der Waals surface area contributed by atoms with Crippen LogP contribution in [-0.4, -0.2) is 18.4 Å². The number of anilines is 1. The molecule has 2 rings (SSSR count). The lowest BCUT2D eigenvalue weighted by Gasteiger charge is -2.11. The molecule has 21 heavy (non-hydrogen) atoms. The van der Waals surface area contributed by atoms with E-state index >= 15 is 0 Å². The number of rotatable bonds is 5. The van der Waals surface area contributed by atoms with Crippen molar-refractivity contribution < 1.29 is 9.59 Å². The Labute approximate surface area is 131 Å². The van der Waals surface area contributed by atoms with Crippen LogP contribution in [-0.2, 0) is 16.1 Å². The van der Waals surface area contributed by atoms with Crippen LogP contribution in [0.25, 0.3) is 0 Å². The van der Waals surface area contributed by atoms with Gasteiger partial charge < -0.3 is 16.4 Å². The van der Waals surface area contributed by atoms with Crippen molar-refractivity contribution in [2.45, 2.75) is 32.2 Å². The molecule has 116 valence electrons. The summed E-state index contributed by atoms with van der Waals surface area (Å²) in [6.07, 6.45) is 4.25. The molecular weight excluding hydrogens is 290 g/mol. The molecule has 1 saturated carbocycles. The summed E-state index contributed by atoms with van der Waals surface area (Å²) in [4.78, 5) is 23.2. The fraction of sp³-hybridized carbons (Fsp3) is 0.467. The van der Waals surface area contributed by atoms with E-state index < -0.39 is 0 Å². The van der Waals surface area contributed by atoms with Gasteiger partial charge in [-0.3, -0.25) is 9.59 Å². The lowest BCUT2D eigenvalue weighted by Crippen LogP contribution is -2.29. The average Bonchev–Trinajstić information content (AvgIpc) is 2.99. The predicted molar refractivity (Wildman–Crippen MR) is 85.2 cm³/mol. The van der Waals surface area contributed by atoms with Crippen LogP contribution in [0.4, 0.5) is 5.69 Å². The quantitative estimate of drug-likeness (QED) is 0.775. The Bertz CT molecular complexity index is 488. The molecule has 4 N–H and O–H groups in total. The van der Waals surface area contributed by atoms with Crippen LogP contribution in [0.3, 0.4) is 0 Å². The van der Waals surface area contributed by atoms with Gasteiger partial charge in [0.25, 0.3) is 0 Å². The van der Waals surface area contributed by atoms with Crippen LogP contribution >= 0.6 is 12.4 Å². The van der Waals surface area contributed by atoms with Crippen LogP contribution in [0.5, 0.6) is 0 Å². The zero-order valence-corrected chi connectivity index (χ0v) is 12.7. The zero-order chi connectivity index (χ0) is 14.4. The highest BCUT2D eigenvalue weighted by Crippen LogP contribution is 2.26. The summed E-state index contributed by atoms with van der Waals surface area (Å²) in [6.45, 7) is 0.404. The Balaban J connectivity index is 0.00000220. The van der Waals surface area contributed by atoms with Crippen molar-refractivity contribution in [1.29, 1.82) is 0 Å². The highest BCUT2D eigenvalue weighted by molar-refractivity contribution is 5.92. The highest BCUT2D eigenvalue weighted by Gasteiger charge is 2.22. The lowest BCUT2D eigenvalue weighted by molar-refractivity contribution is -0.120. The van der Waals surface area contributed by atoms with Gasteiger partial charge in [0.1, 0.15) is 0 Å². The molecule has 0 aromatic heterocycles. The van der Waals surface area contributed by atoms with Crippen molar-refractivity contribution in [2.24, 2.45) is 11.7 Å². The molecular formula is C15H22ClN3O2. The number of benzene rings is 1. The molecule has 1 aromatic carbocycles. The van der Waals surface area contributed by atoms with Gasteiger partial charge in [-0.25, -0.2) is 0 Å². The van der Waals surface area contributed by atoms with E-state index in [0.717, 1.165) is 36.9 Å². The lowest BCUT2D eigenvalue weighted by atomic mass is 10.1. The van der Waals surface area contributed by atoms with Gasteiger partial charge in [0, 0.05) is 18.2 Å². The molecule has 1 aromatic rings. The van der Waals surface area contributed by atoms with E-state index in [4.69, 9.17) is 5.73 Å². The van der Waals surface area contributed by atoms with Crippen LogP contribution in [0.1, 0.15) is 31.2 Å². The topological polar surface area (TPSA) is 84.2 Å². The second-order valence-electron chi connectivity index (χ2n) is 5.15. The Morgan fingerprint density at radius 3 is 2.62 bits per heavy atom. The average molecular weight is 312 g/mol. The van der Waals surface area contributed by atoms with Crippen LogP contribution in [0.2, 0.25) is 0 Å². The third-order valence-corrected chi connectivity index (χ3v) is 3.60. The third-order valence-electron chi connectivity index (χ3n) is 3.60. The van der Waals surface area contributed by atoms with Crippen molar-refractivity contribution in [3.8, 4) is 0 Å². The van der Waals surface area contributed by atoms with Crippen molar-refractivity contribution in [2.75, 3.05) is 11.9 Å². The van der Waals surface area contributed by atoms with Gasteiger partial charge in [0.2, 0.25) is 11.8 Å². The minimum Gasteiger partial charge on any atom is -0.351 e. The fourth-order valence-corrected chi connectivity index (χ4v) is 2.46. The number of nitrogens with two attached hydrogens (primary N) is 1. The zero-order valence-electron chi connectivity index (χ0n) is 11.9. The fourth-order valence-electron chi connectivity index (χ4n) is 2.46. The van der Waals surface area contributed by atoms with E-state index in [2.05, 4.69) is 10.6 Å². The van der Waals surface area contributed by atoms with Crippen LogP contribution < -0.4 is 16.4 Å². The molecule has 0 spiro atoms. The molecule has 0 heterocycles. The summed E-state index contributed by atoms with van der Waals surface area (Å²) in [5.41, 5.74) is 6.95. The molecule has 1 aliphatic carbocycles. The Kier molecular flexibility index (Phi) is 7.19. The first-order valence-electron chi connectivity index (χ1n) is 7.05. The summed E-state index contributed by atoms with van der Waals surface area (Å²) in [6, 6.07) is 7.51. The number of nitrogens with one attached hydrogen (secondary N) is 2. The number of hydrogen-bond acceptors (Lipinski definition) is 3. The maximum absolute atomic E-state index is 12.0. The third kappa shape index (κ3) is 5.36. The van der Waals surface area contributed by atoms with Gasteiger partial charge in [0.05, 0.1) is 6.54 Å². The van der Waals surface area contributed by atoms with Crippen LogP contribution in [0, 0.1) is 5.92 Å². The molecule has 0 aliphatic heterocycles. The summed E-state index contributed by atoms with van der Waals surface area (Å²) >= 11 is 0. The molecule has 6 heteroatoms. The number of carbonyl (C=O) groups excluding carboxylic acids is 2. The first kappa shape index (κ1) is 17.5. The van der Waals surface area contributed by atoms with E-state index in [1.807, 2.05) is 24.3 Å². The SMILES string of the molecule is Cl.NCC(=O)NCc1cccc(NC(=O)C2CCCC2)c1. The van der Waals surface area contributed by atoms with Crippen molar-refractivity contribution in [3.05, 3.63) is 29.8 Å². The normalized spacial score (nSPS) is 14.3. The smallest absolute Gasteiger partial charge is 0.234 e. The van der Waals surface area contributed by atoms with Crippen molar-refractivity contribution >= 4 is 29.9 Å². The van der Waals surface area contributed by atoms with Gasteiger partial charge in [-0.05, 0) is 30.5 Å². The predicted octanol–water partition coefficient (Wildman–Crippen LogP) is 1.81. The van der Waals surface area contributed by atoms with Gasteiger partial charge in [-0.2, -0.15) is 0 Å². The maximum atomic E-state index is 12.0. The van der Waals surface area contributed by atoms with Crippen molar-refractivity contribution in [1.82, 2.24) is 5.32 Å². The Morgan fingerprint density at radius 1 is 1.24 bits per heavy atom. The summed E-state index contributed by atoms with van der Waals surface area (Å²) in [7, 11) is 0. The molecule has 0 radical (unpaired) electrons. The number of halogens is 1. The van der Waals surface area contributed by atoms with Crippen LogP contribution in [0.15, 0.2) is 24.3 Å². The van der Waals surface area contributed by atoms with Gasteiger partial charge >= 0.3 is 0 Å². The molecule has 2 amide bonds. The summed E-state index contributed by atoms with van der Waals surface area (Å²) < 4.78 is 0. The van der Waals surface area contributed by atoms with E-state index in [1.54, 1.807) is 0 Å². The van der Waals surface area contributed by atoms with Gasteiger partial charge in [-0.1, -0.05) is 25.0 Å². The van der Waals surface area contributed by atoms with E-state index in [-0.39, 0.29) is 36.7 Å². The summed E-state index contributed by atoms with van der Waals surface area (Å²) in [5, 5.41) is 5.66. The highest BCUT2D eigenvalue weighted by atomic mass is 35.5. The molecule has 0 saturated heterocycles. The second kappa shape index (κ2) is 8.64. The van der Waals surface area contributed by atoms with Crippen molar-refractivity contribution in [3.63, 3.8) is 0 Å².